The summed E-state index contributed by atoms with van der Waals surface area (Å²) in [5, 5.41) is 7.45. The average Bonchev–Trinajstić information content (AvgIpc) is 3.04. The molecule has 0 atom stereocenters. The summed E-state index contributed by atoms with van der Waals surface area (Å²) in [5.41, 5.74) is 3.20. The van der Waals surface area contributed by atoms with Gasteiger partial charge in [-0.1, -0.05) is 0 Å². The van der Waals surface area contributed by atoms with E-state index in [1.807, 2.05) is 25.6 Å². The molecule has 1 aliphatic heterocycles. The Bertz CT molecular complexity index is 551. The number of rotatable bonds is 3. The molecule has 0 aromatic carbocycles. The minimum absolute atomic E-state index is 0.0655. The standard InChI is InChI=1S/C16H25N3O3/c1-11-14(12(2)19(3)18-11)10-17-15(20)13-4-6-16(7-5-13)21-8-9-22-16/h13H,4-10H2,1-3H3,(H,17,20). The predicted molar refractivity (Wildman–Crippen MR) is 81.1 cm³/mol. The summed E-state index contributed by atoms with van der Waals surface area (Å²) in [6, 6.07) is 0. The average molecular weight is 307 g/mol. The van der Waals surface area contributed by atoms with Gasteiger partial charge in [-0.3, -0.25) is 9.48 Å². The molecule has 0 unspecified atom stereocenters. The number of carbonyl (C=O) groups excluding carboxylic acids is 1. The summed E-state index contributed by atoms with van der Waals surface area (Å²) in [6.07, 6.45) is 3.29. The number of carbonyl (C=O) groups is 1. The van der Waals surface area contributed by atoms with Crippen molar-refractivity contribution in [2.75, 3.05) is 13.2 Å². The van der Waals surface area contributed by atoms with Crippen LogP contribution >= 0.6 is 0 Å². The first-order chi connectivity index (χ1) is 10.5. The van der Waals surface area contributed by atoms with Crippen LogP contribution in [0.5, 0.6) is 0 Å². The maximum Gasteiger partial charge on any atom is 0.223 e. The fourth-order valence-electron chi connectivity index (χ4n) is 3.50. The van der Waals surface area contributed by atoms with Gasteiger partial charge in [0.1, 0.15) is 0 Å². The Hall–Kier alpha value is -1.40. The molecule has 2 fully saturated rings. The van der Waals surface area contributed by atoms with Gasteiger partial charge in [0.05, 0.1) is 18.9 Å². The van der Waals surface area contributed by atoms with Crippen molar-refractivity contribution in [3.63, 3.8) is 0 Å². The van der Waals surface area contributed by atoms with Crippen LogP contribution in [-0.4, -0.2) is 34.7 Å². The number of hydrogen-bond donors (Lipinski definition) is 1. The zero-order chi connectivity index (χ0) is 15.7. The molecular weight excluding hydrogens is 282 g/mol. The van der Waals surface area contributed by atoms with Crippen molar-refractivity contribution in [2.24, 2.45) is 13.0 Å². The van der Waals surface area contributed by atoms with Crippen molar-refractivity contribution in [1.82, 2.24) is 15.1 Å². The van der Waals surface area contributed by atoms with E-state index in [9.17, 15) is 4.79 Å². The second kappa shape index (κ2) is 6.01. The molecule has 6 nitrogen and oxygen atoms in total. The first kappa shape index (κ1) is 15.5. The molecule has 1 aromatic heterocycles. The number of nitrogens with one attached hydrogen (secondary N) is 1. The fraction of sp³-hybridized carbons (Fsp3) is 0.750. The third-order valence-corrected chi connectivity index (χ3v) is 5.03. The molecule has 2 heterocycles. The van der Waals surface area contributed by atoms with E-state index in [1.165, 1.54) is 0 Å². The Morgan fingerprint density at radius 2 is 1.95 bits per heavy atom. The highest BCUT2D eigenvalue weighted by Gasteiger charge is 2.41. The first-order valence-electron chi connectivity index (χ1n) is 8.05. The Kier molecular flexibility index (Phi) is 4.23. The maximum absolute atomic E-state index is 12.4. The van der Waals surface area contributed by atoms with E-state index in [2.05, 4.69) is 10.4 Å². The van der Waals surface area contributed by atoms with Gasteiger partial charge in [-0.05, 0) is 26.7 Å². The monoisotopic (exact) mass is 307 g/mol. The number of ether oxygens (including phenoxy) is 2. The van der Waals surface area contributed by atoms with Crippen LogP contribution in [0, 0.1) is 19.8 Å². The van der Waals surface area contributed by atoms with Gasteiger partial charge >= 0.3 is 0 Å². The summed E-state index contributed by atoms with van der Waals surface area (Å²) >= 11 is 0. The van der Waals surface area contributed by atoms with Crippen LogP contribution in [0.15, 0.2) is 0 Å². The SMILES string of the molecule is Cc1nn(C)c(C)c1CNC(=O)C1CCC2(CC1)OCCO2. The molecule has 1 N–H and O–H groups in total. The minimum Gasteiger partial charge on any atom is -0.352 e. The lowest BCUT2D eigenvalue weighted by Gasteiger charge is -2.34. The number of aryl methyl sites for hydroxylation is 2. The van der Waals surface area contributed by atoms with Crippen LogP contribution in [0.2, 0.25) is 0 Å². The Morgan fingerprint density at radius 3 is 2.50 bits per heavy atom. The molecule has 1 saturated carbocycles. The zero-order valence-electron chi connectivity index (χ0n) is 13.6. The van der Waals surface area contributed by atoms with Crippen molar-refractivity contribution in [3.8, 4) is 0 Å². The summed E-state index contributed by atoms with van der Waals surface area (Å²) < 4.78 is 13.3. The van der Waals surface area contributed by atoms with E-state index in [1.54, 1.807) is 0 Å². The van der Waals surface area contributed by atoms with Crippen LogP contribution in [0.4, 0.5) is 0 Å². The van der Waals surface area contributed by atoms with Gasteiger partial charge in [0.15, 0.2) is 5.79 Å². The van der Waals surface area contributed by atoms with E-state index < -0.39 is 5.79 Å². The van der Waals surface area contributed by atoms with Crippen LogP contribution in [0.3, 0.4) is 0 Å². The lowest BCUT2D eigenvalue weighted by Crippen LogP contribution is -2.40. The van der Waals surface area contributed by atoms with Gasteiger partial charge in [-0.15, -0.1) is 0 Å². The largest absolute Gasteiger partial charge is 0.352 e. The van der Waals surface area contributed by atoms with Gasteiger partial charge in [0.25, 0.3) is 0 Å². The molecule has 22 heavy (non-hydrogen) atoms. The topological polar surface area (TPSA) is 65.4 Å². The quantitative estimate of drug-likeness (QED) is 0.921. The number of amides is 1. The van der Waals surface area contributed by atoms with Crippen LogP contribution in [-0.2, 0) is 27.9 Å². The maximum atomic E-state index is 12.4. The van der Waals surface area contributed by atoms with Gasteiger partial charge < -0.3 is 14.8 Å². The summed E-state index contributed by atoms with van der Waals surface area (Å²) in [6.45, 7) is 5.92. The van der Waals surface area contributed by atoms with Crippen molar-refractivity contribution >= 4 is 5.91 Å². The van der Waals surface area contributed by atoms with Crippen LogP contribution in [0.1, 0.15) is 42.6 Å². The van der Waals surface area contributed by atoms with Gasteiger partial charge in [0, 0.05) is 43.6 Å². The lowest BCUT2D eigenvalue weighted by molar-refractivity contribution is -0.183. The molecule has 0 radical (unpaired) electrons. The molecule has 2 aliphatic rings. The van der Waals surface area contributed by atoms with E-state index in [0.717, 1.165) is 42.6 Å². The van der Waals surface area contributed by atoms with Gasteiger partial charge in [0.2, 0.25) is 5.91 Å². The predicted octanol–water partition coefficient (Wildman–Crippen LogP) is 1.59. The Labute approximate surface area is 131 Å². The molecule has 1 saturated heterocycles. The molecule has 6 heteroatoms. The molecule has 1 aliphatic carbocycles. The van der Waals surface area contributed by atoms with E-state index in [4.69, 9.17) is 9.47 Å². The van der Waals surface area contributed by atoms with Crippen molar-refractivity contribution in [1.29, 1.82) is 0 Å². The summed E-state index contributed by atoms with van der Waals surface area (Å²) in [7, 11) is 1.93. The Morgan fingerprint density at radius 1 is 1.32 bits per heavy atom. The second-order valence-corrected chi connectivity index (χ2v) is 6.37. The van der Waals surface area contributed by atoms with Crippen molar-refractivity contribution < 1.29 is 14.3 Å². The molecule has 1 amide bonds. The van der Waals surface area contributed by atoms with E-state index >= 15 is 0 Å². The van der Waals surface area contributed by atoms with Crippen LogP contribution in [0.25, 0.3) is 0 Å². The third-order valence-electron chi connectivity index (χ3n) is 5.03. The smallest absolute Gasteiger partial charge is 0.223 e. The number of hydrogen-bond acceptors (Lipinski definition) is 4. The number of nitrogens with zero attached hydrogens (tertiary/aromatic N) is 2. The van der Waals surface area contributed by atoms with Crippen molar-refractivity contribution in [3.05, 3.63) is 17.0 Å². The number of aromatic nitrogens is 2. The molecule has 0 bridgehead atoms. The highest BCUT2D eigenvalue weighted by molar-refractivity contribution is 5.78. The van der Waals surface area contributed by atoms with E-state index in [-0.39, 0.29) is 11.8 Å². The normalized spacial score (nSPS) is 21.4. The fourth-order valence-corrected chi connectivity index (χ4v) is 3.50. The Balaban J connectivity index is 1.52. The molecule has 122 valence electrons. The lowest BCUT2D eigenvalue weighted by atomic mass is 9.84. The summed E-state index contributed by atoms with van der Waals surface area (Å²) in [4.78, 5) is 12.4. The van der Waals surface area contributed by atoms with Gasteiger partial charge in [-0.25, -0.2) is 0 Å². The zero-order valence-corrected chi connectivity index (χ0v) is 13.6. The van der Waals surface area contributed by atoms with E-state index in [0.29, 0.717) is 19.8 Å². The summed E-state index contributed by atoms with van der Waals surface area (Å²) in [5.74, 6) is -0.195. The van der Waals surface area contributed by atoms with Crippen molar-refractivity contribution in [2.45, 2.75) is 51.9 Å². The highest BCUT2D eigenvalue weighted by atomic mass is 16.7. The molecular formula is C16H25N3O3. The highest BCUT2D eigenvalue weighted by Crippen LogP contribution is 2.38. The van der Waals surface area contributed by atoms with Gasteiger partial charge in [-0.2, -0.15) is 5.10 Å². The minimum atomic E-state index is -0.396. The third kappa shape index (κ3) is 2.90. The first-order valence-corrected chi connectivity index (χ1v) is 8.05. The molecule has 3 rings (SSSR count). The molecule has 1 spiro atoms. The molecule has 1 aromatic rings. The second-order valence-electron chi connectivity index (χ2n) is 6.37. The van der Waals surface area contributed by atoms with Crippen LogP contribution < -0.4 is 5.32 Å².